The second-order valence-electron chi connectivity index (χ2n) is 23.5. The first kappa shape index (κ1) is 66.9. The number of hydrogen-bond donors (Lipinski definition) is 14. The van der Waals surface area contributed by atoms with Crippen LogP contribution < -0.4 is 65.5 Å². The molecule has 4 aromatic rings. The average Bonchev–Trinajstić information content (AvgIpc) is 4.48. The highest BCUT2D eigenvalue weighted by atomic mass is 16.2. The van der Waals surface area contributed by atoms with Crippen LogP contribution in [-0.4, -0.2) is 178 Å². The Kier molecular flexibility index (Phi) is 24.2. The molecule has 478 valence electrons. The van der Waals surface area contributed by atoms with E-state index in [9.17, 15) is 43.2 Å². The van der Waals surface area contributed by atoms with E-state index in [0.29, 0.717) is 49.7 Å². The molecule has 27 heteroatoms. The van der Waals surface area contributed by atoms with E-state index in [1.807, 2.05) is 48.5 Å². The van der Waals surface area contributed by atoms with Gasteiger partial charge >= 0.3 is 0 Å². The minimum Gasteiger partial charge on any atom is -0.370 e. The second kappa shape index (κ2) is 31.9. The summed E-state index contributed by atoms with van der Waals surface area (Å²) in [6, 6.07) is 2.52. The maximum Gasteiger partial charge on any atom is 0.246 e. The van der Waals surface area contributed by atoms with E-state index >= 15 is 4.79 Å². The Balaban J connectivity index is 1.25. The van der Waals surface area contributed by atoms with Gasteiger partial charge in [0.05, 0.1) is 0 Å². The van der Waals surface area contributed by atoms with Crippen molar-refractivity contribution in [2.24, 2.45) is 33.8 Å². The molecule has 0 bridgehead atoms. The number of hydrogen-bond acceptors (Lipinski definition) is 13. The molecule has 27 nitrogen and oxygen atoms in total. The minimum atomic E-state index is -1.33. The summed E-state index contributed by atoms with van der Waals surface area (Å²) in [7, 11) is 0. The Labute approximate surface area is 511 Å². The number of carbonyl (C=O) groups excluding carboxylic acids is 10. The van der Waals surface area contributed by atoms with Crippen LogP contribution in [0.4, 0.5) is 0 Å². The van der Waals surface area contributed by atoms with E-state index in [-0.39, 0.29) is 90.0 Å². The Morgan fingerprint density at radius 2 is 0.932 bits per heavy atom. The van der Waals surface area contributed by atoms with Crippen LogP contribution in [-0.2, 0) is 60.8 Å². The summed E-state index contributed by atoms with van der Waals surface area (Å²) < 4.78 is 0. The van der Waals surface area contributed by atoms with Crippen molar-refractivity contribution < 1.29 is 47.9 Å². The van der Waals surface area contributed by atoms with Crippen molar-refractivity contribution in [3.8, 4) is 0 Å². The molecule has 10 atom stereocenters. The number of nitrogens with one attached hydrogen (secondary N) is 10. The molecule has 3 saturated heterocycles. The lowest BCUT2D eigenvalue weighted by molar-refractivity contribution is -0.148. The summed E-state index contributed by atoms with van der Waals surface area (Å²) in [4.78, 5) is 159. The number of H-pyrrole nitrogens is 2. The molecule has 0 spiro atoms. The third-order valence-electron chi connectivity index (χ3n) is 16.6. The molecule has 88 heavy (non-hydrogen) atoms. The zero-order valence-electron chi connectivity index (χ0n) is 50.8. The molecule has 0 unspecified atom stereocenters. The molecular weight excluding hydrogens is 1130 g/mol. The summed E-state index contributed by atoms with van der Waals surface area (Å²) >= 11 is 0. The van der Waals surface area contributed by atoms with Crippen LogP contribution in [0, 0.1) is 5.92 Å². The molecule has 18 N–H and O–H groups in total. The van der Waals surface area contributed by atoms with E-state index in [1.165, 1.54) is 23.6 Å². The van der Waals surface area contributed by atoms with Crippen molar-refractivity contribution in [1.29, 1.82) is 0 Å². The lowest BCUT2D eigenvalue weighted by Gasteiger charge is -2.33. The molecule has 0 aliphatic carbocycles. The van der Waals surface area contributed by atoms with E-state index < -0.39 is 125 Å². The number of rotatable bonds is 17. The summed E-state index contributed by atoms with van der Waals surface area (Å²) in [6.07, 6.45) is 6.77. The first-order valence-corrected chi connectivity index (χ1v) is 30.8. The molecule has 7 rings (SSSR count). The van der Waals surface area contributed by atoms with Gasteiger partial charge in [-0.1, -0.05) is 50.2 Å². The zero-order valence-corrected chi connectivity index (χ0v) is 50.8. The second-order valence-corrected chi connectivity index (χ2v) is 23.5. The minimum absolute atomic E-state index is 0.0181. The summed E-state index contributed by atoms with van der Waals surface area (Å²) in [5.41, 5.74) is 25.8. The maximum absolute atomic E-state index is 15.1. The summed E-state index contributed by atoms with van der Waals surface area (Å²) in [5.74, 6) is -7.72. The first-order valence-electron chi connectivity index (χ1n) is 30.8. The highest BCUT2D eigenvalue weighted by Gasteiger charge is 2.45. The highest BCUT2D eigenvalue weighted by Crippen LogP contribution is 2.28. The number of benzene rings is 2. The molecule has 3 fully saturated rings. The number of amides is 10. The van der Waals surface area contributed by atoms with Crippen molar-refractivity contribution in [3.63, 3.8) is 0 Å². The Hall–Kier alpha value is -8.59. The van der Waals surface area contributed by atoms with Gasteiger partial charge in [0.1, 0.15) is 60.4 Å². The number of carbonyl (C=O) groups is 10. The maximum atomic E-state index is 15.1. The van der Waals surface area contributed by atoms with Crippen LogP contribution in [0.25, 0.3) is 21.8 Å². The van der Waals surface area contributed by atoms with Crippen molar-refractivity contribution in [2.45, 2.75) is 178 Å². The average molecular weight is 1220 g/mol. The Morgan fingerprint density at radius 1 is 0.500 bits per heavy atom. The van der Waals surface area contributed by atoms with Gasteiger partial charge in [-0.15, -0.1) is 0 Å². The standard InChI is InChI=1S/C61H89N17O10/c1-34(2)50-58(86)73-45(22-13-27-66-61(64)65)55(83)72-44(21-10-12-26-63)54(82)71-43(20-9-11-25-62)53(81)69-35(3)51(79)75-47(31-38-33-68-42-19-8-6-17-40(38)42)59(87)78-29-15-24-49(78)60(88)77-28-14-23-48(77)57(85)74-46(56(84)70-36(4)52(80)76-50)30-37-32-67-41-18-7-5-16-39(37)41/h5-8,16-19,32-36,43-50,67-68H,9-15,20-31,62-63H2,1-4H3,(H,69,81)(H,70,84)(H,71,82)(H,72,83)(H,73,86)(H,74,85)(H,75,79)(H,76,80)(H4,64,65,66)/t35-,36-,43-,44-,45-,46-,47-,48-,49+,50-/m0/s1. The number of aromatic nitrogens is 2. The molecule has 0 saturated carbocycles. The van der Waals surface area contributed by atoms with Gasteiger partial charge in [0, 0.05) is 66.7 Å². The van der Waals surface area contributed by atoms with Gasteiger partial charge in [-0.05, 0) is 133 Å². The van der Waals surface area contributed by atoms with Crippen molar-refractivity contribution >= 4 is 86.8 Å². The smallest absolute Gasteiger partial charge is 0.246 e. The molecule has 5 heterocycles. The number of nitrogens with two attached hydrogens (primary N) is 4. The third-order valence-corrected chi connectivity index (χ3v) is 16.6. The normalized spacial score (nSPS) is 25.4. The van der Waals surface area contributed by atoms with Crippen LogP contribution in [0.1, 0.15) is 116 Å². The van der Waals surface area contributed by atoms with Crippen LogP contribution in [0.3, 0.4) is 0 Å². The van der Waals surface area contributed by atoms with Crippen LogP contribution >= 0.6 is 0 Å². The number of para-hydroxylation sites is 2. The molecule has 10 amide bonds. The fourth-order valence-corrected chi connectivity index (χ4v) is 11.7. The fourth-order valence-electron chi connectivity index (χ4n) is 11.7. The lowest BCUT2D eigenvalue weighted by atomic mass is 10.0. The summed E-state index contributed by atoms with van der Waals surface area (Å²) in [5, 5.41) is 23.8. The fraction of sp³-hybridized carbons (Fsp3) is 0.557. The van der Waals surface area contributed by atoms with Gasteiger partial charge in [0.2, 0.25) is 59.1 Å². The van der Waals surface area contributed by atoms with E-state index in [2.05, 4.69) is 57.5 Å². The zero-order chi connectivity index (χ0) is 63.6. The molecule has 3 aliphatic heterocycles. The Morgan fingerprint density at radius 3 is 1.45 bits per heavy atom. The van der Waals surface area contributed by atoms with Gasteiger partial charge in [0.15, 0.2) is 5.96 Å². The topological polar surface area (TPSA) is 421 Å². The predicted octanol–water partition coefficient (Wildman–Crippen LogP) is -0.684. The van der Waals surface area contributed by atoms with E-state index in [0.717, 1.165) is 21.8 Å². The number of aromatic amines is 2. The number of fused-ring (bicyclic) bond motifs is 4. The van der Waals surface area contributed by atoms with Gasteiger partial charge in [-0.2, -0.15) is 0 Å². The van der Waals surface area contributed by atoms with Crippen LogP contribution in [0.2, 0.25) is 0 Å². The number of guanidine groups is 1. The highest BCUT2D eigenvalue weighted by molar-refractivity contribution is 6.00. The van der Waals surface area contributed by atoms with Gasteiger partial charge < -0.3 is 85.2 Å². The molecule has 2 aromatic carbocycles. The number of nitrogens with zero attached hydrogens (tertiary/aromatic N) is 3. The Bertz CT molecular complexity index is 3160. The van der Waals surface area contributed by atoms with E-state index in [1.54, 1.807) is 26.2 Å². The molecule has 2 aromatic heterocycles. The van der Waals surface area contributed by atoms with Crippen LogP contribution in [0.5, 0.6) is 0 Å². The van der Waals surface area contributed by atoms with Crippen molar-refractivity contribution in [3.05, 3.63) is 72.1 Å². The van der Waals surface area contributed by atoms with Crippen LogP contribution in [0.15, 0.2) is 65.9 Å². The summed E-state index contributed by atoms with van der Waals surface area (Å²) in [6.45, 7) is 7.16. The SMILES string of the molecule is CC(C)[C@@H]1NC(=O)[C@H](C)NC(=O)[C@H](Cc2c[nH]c3ccccc23)NC(=O)[C@@H]2CCCN2C(=O)[C@H]2CCCN2C(=O)[C@H](Cc2c[nH]c3ccccc23)NC(=O)[C@H](C)NC(=O)[C@H](CCCCN)NC(=O)[C@H](CCCCN)NC(=O)[C@H](CCCN=C(N)N)NC1=O. The number of unbranched alkanes of at least 4 members (excludes halogenated alkanes) is 2. The quantitative estimate of drug-likeness (QED) is 0.0354. The predicted molar refractivity (Wildman–Crippen MR) is 331 cm³/mol. The third kappa shape index (κ3) is 17.6. The van der Waals surface area contributed by atoms with Gasteiger partial charge in [-0.25, -0.2) is 0 Å². The molecular formula is C61H89N17O10. The largest absolute Gasteiger partial charge is 0.370 e. The lowest BCUT2D eigenvalue weighted by Crippen LogP contribution is -2.61. The van der Waals surface area contributed by atoms with Gasteiger partial charge in [0.25, 0.3) is 0 Å². The van der Waals surface area contributed by atoms with Gasteiger partial charge in [-0.3, -0.25) is 52.9 Å². The first-order chi connectivity index (χ1) is 42.2. The molecule has 0 radical (unpaired) electrons. The number of aliphatic imine (C=N–C) groups is 1. The monoisotopic (exact) mass is 1220 g/mol. The van der Waals surface area contributed by atoms with E-state index in [4.69, 9.17) is 22.9 Å². The molecule has 3 aliphatic rings. The van der Waals surface area contributed by atoms with Crippen molar-refractivity contribution in [1.82, 2.24) is 62.3 Å². The van der Waals surface area contributed by atoms with Crippen molar-refractivity contribution in [2.75, 3.05) is 32.7 Å².